The number of allylic oxidation sites excluding steroid dienone is 1. The molecule has 2 N–H and O–H groups in total. The first kappa shape index (κ1) is 18.1. The van der Waals surface area contributed by atoms with Gasteiger partial charge < -0.3 is 5.32 Å². The summed E-state index contributed by atoms with van der Waals surface area (Å²) in [6.45, 7) is 4.36. The van der Waals surface area contributed by atoms with Crippen molar-refractivity contribution in [1.82, 2.24) is 15.0 Å². The van der Waals surface area contributed by atoms with Crippen LogP contribution in [0.5, 0.6) is 0 Å². The fourth-order valence-corrected chi connectivity index (χ4v) is 4.02. The molecule has 0 aliphatic heterocycles. The van der Waals surface area contributed by atoms with Crippen molar-refractivity contribution in [2.24, 2.45) is 0 Å². The second-order valence-electron chi connectivity index (χ2n) is 6.42. The van der Waals surface area contributed by atoms with Crippen molar-refractivity contribution in [2.75, 3.05) is 5.32 Å². The van der Waals surface area contributed by atoms with E-state index in [9.17, 15) is 4.79 Å². The topological polar surface area (TPSA) is 70.7 Å². The Balaban J connectivity index is 1.64. The Bertz CT molecular complexity index is 1130. The van der Waals surface area contributed by atoms with Gasteiger partial charge in [-0.05, 0) is 24.1 Å². The summed E-state index contributed by atoms with van der Waals surface area (Å²) in [5.74, 6) is 0.470. The largest absolute Gasteiger partial charge is 0.352 e. The molecule has 0 saturated heterocycles. The molecule has 4 rings (SSSR count). The van der Waals surface area contributed by atoms with Gasteiger partial charge in [0, 0.05) is 18.5 Å². The summed E-state index contributed by atoms with van der Waals surface area (Å²) in [7, 11) is 0. The molecule has 6 heteroatoms. The van der Waals surface area contributed by atoms with Crippen LogP contribution in [0.15, 0.2) is 72.0 Å². The lowest BCUT2D eigenvalue weighted by atomic mass is 10.1. The van der Waals surface area contributed by atoms with E-state index in [0.29, 0.717) is 30.9 Å². The van der Waals surface area contributed by atoms with Crippen LogP contribution in [0.3, 0.4) is 0 Å². The Labute approximate surface area is 166 Å². The highest BCUT2D eigenvalue weighted by molar-refractivity contribution is 7.18. The van der Waals surface area contributed by atoms with Crippen LogP contribution in [-0.4, -0.2) is 15.0 Å². The maximum atomic E-state index is 12.6. The fourth-order valence-electron chi connectivity index (χ4n) is 3.05. The van der Waals surface area contributed by atoms with Gasteiger partial charge in [0.15, 0.2) is 0 Å². The number of nitrogens with one attached hydrogen (secondary N) is 2. The van der Waals surface area contributed by atoms with Crippen molar-refractivity contribution in [3.63, 3.8) is 0 Å². The molecule has 0 radical (unpaired) electrons. The van der Waals surface area contributed by atoms with Crippen molar-refractivity contribution in [3.8, 4) is 0 Å². The molecular formula is C22H20N4OS. The molecule has 140 valence electrons. The molecule has 0 spiro atoms. The third-order valence-electron chi connectivity index (χ3n) is 4.41. The van der Waals surface area contributed by atoms with E-state index < -0.39 is 0 Å². The molecular weight excluding hydrogens is 368 g/mol. The summed E-state index contributed by atoms with van der Waals surface area (Å²) in [6.07, 6.45) is 2.72. The predicted molar refractivity (Wildman–Crippen MR) is 115 cm³/mol. The highest BCUT2D eigenvalue weighted by Gasteiger charge is 2.14. The van der Waals surface area contributed by atoms with Crippen molar-refractivity contribution in [2.45, 2.75) is 19.4 Å². The summed E-state index contributed by atoms with van der Waals surface area (Å²) in [5, 5.41) is 4.16. The molecule has 0 saturated carbocycles. The number of hydrogen-bond donors (Lipinski definition) is 2. The van der Waals surface area contributed by atoms with Crippen LogP contribution in [0, 0.1) is 0 Å². The van der Waals surface area contributed by atoms with Gasteiger partial charge in [-0.3, -0.25) is 9.78 Å². The number of thiazole rings is 1. The SMILES string of the molecule is C=CCc1c(Cc2nc3ccccc3s2)nc(NCc2ccccc2)[nH]c1=O. The second kappa shape index (κ2) is 8.19. The normalized spacial score (nSPS) is 10.9. The lowest BCUT2D eigenvalue weighted by molar-refractivity contribution is 0.928. The standard InChI is InChI=1S/C22H20N4OS/c1-2-8-16-18(13-20-24-17-11-6-7-12-19(17)28-20)25-22(26-21(16)27)23-14-15-9-4-3-5-10-15/h2-7,9-12H,1,8,13-14H2,(H2,23,25,26,27). The van der Waals surface area contributed by atoms with Crippen LogP contribution < -0.4 is 10.9 Å². The van der Waals surface area contributed by atoms with Gasteiger partial charge in [-0.1, -0.05) is 48.5 Å². The van der Waals surface area contributed by atoms with Crippen LogP contribution in [0.1, 0.15) is 21.8 Å². The minimum Gasteiger partial charge on any atom is -0.352 e. The van der Waals surface area contributed by atoms with E-state index in [1.54, 1.807) is 17.4 Å². The van der Waals surface area contributed by atoms with E-state index in [0.717, 1.165) is 26.5 Å². The highest BCUT2D eigenvalue weighted by Crippen LogP contribution is 2.24. The molecule has 2 heterocycles. The number of para-hydroxylation sites is 1. The summed E-state index contributed by atoms with van der Waals surface area (Å²) >= 11 is 1.63. The van der Waals surface area contributed by atoms with Gasteiger partial charge in [-0.15, -0.1) is 17.9 Å². The number of nitrogens with zero attached hydrogens (tertiary/aromatic N) is 2. The molecule has 2 aromatic heterocycles. The maximum Gasteiger partial charge on any atom is 0.256 e. The minimum atomic E-state index is -0.137. The number of fused-ring (bicyclic) bond motifs is 1. The molecule has 0 unspecified atom stereocenters. The number of hydrogen-bond acceptors (Lipinski definition) is 5. The Morgan fingerprint density at radius 1 is 1.07 bits per heavy atom. The number of rotatable bonds is 7. The molecule has 0 aliphatic rings. The third-order valence-corrected chi connectivity index (χ3v) is 5.45. The zero-order chi connectivity index (χ0) is 19.3. The van der Waals surface area contributed by atoms with Gasteiger partial charge >= 0.3 is 0 Å². The number of anilines is 1. The molecule has 4 aromatic rings. The molecule has 2 aromatic carbocycles. The van der Waals surface area contributed by atoms with E-state index in [1.807, 2.05) is 48.5 Å². The van der Waals surface area contributed by atoms with Crippen molar-refractivity contribution in [3.05, 3.63) is 99.4 Å². The van der Waals surface area contributed by atoms with Crippen LogP contribution in [0.4, 0.5) is 5.95 Å². The monoisotopic (exact) mass is 388 g/mol. The average molecular weight is 388 g/mol. The molecule has 0 bridgehead atoms. The fraction of sp³-hybridized carbons (Fsp3) is 0.136. The van der Waals surface area contributed by atoms with Gasteiger partial charge in [0.1, 0.15) is 0 Å². The van der Waals surface area contributed by atoms with Crippen LogP contribution in [0.2, 0.25) is 0 Å². The Kier molecular flexibility index (Phi) is 5.30. The Morgan fingerprint density at radius 3 is 2.64 bits per heavy atom. The van der Waals surface area contributed by atoms with E-state index in [1.165, 1.54) is 0 Å². The third kappa shape index (κ3) is 4.02. The first-order chi connectivity index (χ1) is 13.7. The Morgan fingerprint density at radius 2 is 1.86 bits per heavy atom. The molecule has 0 fully saturated rings. The van der Waals surface area contributed by atoms with Crippen LogP contribution in [-0.2, 0) is 19.4 Å². The lowest BCUT2D eigenvalue weighted by Crippen LogP contribution is -2.20. The second-order valence-corrected chi connectivity index (χ2v) is 7.54. The summed E-state index contributed by atoms with van der Waals surface area (Å²) in [5.41, 5.74) is 3.33. The number of H-pyrrole nitrogens is 1. The van der Waals surface area contributed by atoms with Crippen molar-refractivity contribution >= 4 is 27.5 Å². The number of aromatic amines is 1. The highest BCUT2D eigenvalue weighted by atomic mass is 32.1. The zero-order valence-corrected chi connectivity index (χ0v) is 16.1. The van der Waals surface area contributed by atoms with E-state index in [2.05, 4.69) is 32.9 Å². The zero-order valence-electron chi connectivity index (χ0n) is 15.3. The first-order valence-corrected chi connectivity index (χ1v) is 9.90. The molecule has 0 amide bonds. The van der Waals surface area contributed by atoms with Crippen molar-refractivity contribution < 1.29 is 0 Å². The molecule has 28 heavy (non-hydrogen) atoms. The van der Waals surface area contributed by atoms with Gasteiger partial charge in [0.25, 0.3) is 5.56 Å². The Hall–Kier alpha value is -3.25. The summed E-state index contributed by atoms with van der Waals surface area (Å²) in [6, 6.07) is 18.0. The minimum absolute atomic E-state index is 0.137. The average Bonchev–Trinajstić information content (AvgIpc) is 3.12. The summed E-state index contributed by atoms with van der Waals surface area (Å²) < 4.78 is 1.13. The van der Waals surface area contributed by atoms with Crippen molar-refractivity contribution in [1.29, 1.82) is 0 Å². The van der Waals surface area contributed by atoms with Crippen LogP contribution in [0.25, 0.3) is 10.2 Å². The quantitative estimate of drug-likeness (QED) is 0.463. The summed E-state index contributed by atoms with van der Waals surface area (Å²) in [4.78, 5) is 24.8. The van der Waals surface area contributed by atoms with Gasteiger partial charge in [-0.2, -0.15) is 0 Å². The first-order valence-electron chi connectivity index (χ1n) is 9.08. The van der Waals surface area contributed by atoms with E-state index >= 15 is 0 Å². The van der Waals surface area contributed by atoms with E-state index in [4.69, 9.17) is 0 Å². The molecule has 0 aliphatic carbocycles. The smallest absolute Gasteiger partial charge is 0.256 e. The van der Waals surface area contributed by atoms with Crippen LogP contribution >= 0.6 is 11.3 Å². The number of benzene rings is 2. The van der Waals surface area contributed by atoms with Gasteiger partial charge in [-0.25, -0.2) is 9.97 Å². The van der Waals surface area contributed by atoms with Gasteiger partial charge in [0.2, 0.25) is 5.95 Å². The molecule has 0 atom stereocenters. The lowest BCUT2D eigenvalue weighted by Gasteiger charge is -2.10. The maximum absolute atomic E-state index is 12.6. The number of aromatic nitrogens is 3. The predicted octanol–water partition coefficient (Wildman–Crippen LogP) is 4.31. The van der Waals surface area contributed by atoms with E-state index in [-0.39, 0.29) is 5.56 Å². The van der Waals surface area contributed by atoms with Gasteiger partial charge in [0.05, 0.1) is 20.9 Å². The molecule has 5 nitrogen and oxygen atoms in total.